The molecule has 1 aliphatic rings. The van der Waals surface area contributed by atoms with E-state index in [4.69, 9.17) is 11.6 Å². The highest BCUT2D eigenvalue weighted by Crippen LogP contribution is 2.37. The molecule has 1 fully saturated rings. The average molecular weight is 507 g/mol. The van der Waals surface area contributed by atoms with Crippen molar-refractivity contribution in [3.63, 3.8) is 0 Å². The Kier molecular flexibility index (Phi) is 6.62. The van der Waals surface area contributed by atoms with Gasteiger partial charge in [-0.3, -0.25) is 9.78 Å². The van der Waals surface area contributed by atoms with Gasteiger partial charge in [0.1, 0.15) is 16.9 Å². The highest BCUT2D eigenvalue weighted by molar-refractivity contribution is 7.93. The first-order valence-electron chi connectivity index (χ1n) is 11.2. The number of carbonyl (C=O) groups is 1. The van der Waals surface area contributed by atoms with Gasteiger partial charge >= 0.3 is 0 Å². The molecule has 9 heteroatoms. The summed E-state index contributed by atoms with van der Waals surface area (Å²) >= 11 is 4.74. The molecule has 2 N–H and O–H groups in total. The Labute approximate surface area is 211 Å². The summed E-state index contributed by atoms with van der Waals surface area (Å²) < 4.78 is 15.9. The van der Waals surface area contributed by atoms with Crippen molar-refractivity contribution in [1.82, 2.24) is 14.9 Å². The Balaban J connectivity index is 1.24. The van der Waals surface area contributed by atoms with Gasteiger partial charge in [-0.05, 0) is 55.3 Å². The molecule has 2 heterocycles. The normalized spacial score (nSPS) is 16.1. The molecule has 1 aromatic heterocycles. The van der Waals surface area contributed by atoms with Crippen LogP contribution in [0.3, 0.4) is 0 Å². The molecular weight excluding hydrogens is 484 g/mol. The smallest absolute Gasteiger partial charge is 0.253 e. The van der Waals surface area contributed by atoms with Gasteiger partial charge in [0.15, 0.2) is 0 Å². The fourth-order valence-electron chi connectivity index (χ4n) is 4.33. The van der Waals surface area contributed by atoms with Crippen LogP contribution in [0.15, 0.2) is 84.0 Å². The van der Waals surface area contributed by atoms with Gasteiger partial charge < -0.3 is 14.6 Å². The number of aromatic nitrogens is 2. The van der Waals surface area contributed by atoms with Crippen LogP contribution in [0.2, 0.25) is 5.02 Å². The monoisotopic (exact) mass is 506 g/mol. The van der Waals surface area contributed by atoms with Crippen molar-refractivity contribution in [2.45, 2.75) is 23.3 Å². The third-order valence-corrected chi connectivity index (χ3v) is 7.74. The molecule has 4 aromatic rings. The van der Waals surface area contributed by atoms with E-state index in [0.717, 1.165) is 0 Å². The van der Waals surface area contributed by atoms with Crippen molar-refractivity contribution < 1.29 is 14.5 Å². The Hall–Kier alpha value is -3.17. The molecule has 178 valence electrons. The van der Waals surface area contributed by atoms with E-state index in [1.807, 2.05) is 24.3 Å². The van der Waals surface area contributed by atoms with E-state index < -0.39 is 17.0 Å². The highest BCUT2D eigenvalue weighted by atomic mass is 35.5. The molecule has 35 heavy (non-hydrogen) atoms. The molecule has 3 aromatic carbocycles. The van der Waals surface area contributed by atoms with Crippen LogP contribution in [-0.2, 0) is 17.0 Å². The van der Waals surface area contributed by atoms with Crippen LogP contribution >= 0.6 is 11.6 Å². The molecule has 0 bridgehead atoms. The molecule has 1 saturated heterocycles. The second-order valence-corrected chi connectivity index (χ2v) is 10.0. The minimum absolute atomic E-state index is 0.108. The zero-order valence-electron chi connectivity index (χ0n) is 18.7. The van der Waals surface area contributed by atoms with E-state index in [9.17, 15) is 14.5 Å². The number of nitrogens with one attached hydrogen (secondary N) is 1. The molecule has 0 aliphatic carbocycles. The predicted molar refractivity (Wildman–Crippen MR) is 136 cm³/mol. The van der Waals surface area contributed by atoms with Gasteiger partial charge in [0.05, 0.1) is 16.8 Å². The van der Waals surface area contributed by atoms with Crippen molar-refractivity contribution in [3.8, 4) is 0 Å². The molecule has 1 unspecified atom stereocenters. The maximum absolute atomic E-state index is 13.0. The lowest BCUT2D eigenvalue weighted by Crippen LogP contribution is -2.45. The number of carbonyl (C=O) groups excluding carboxylic acids is 1. The number of amides is 1. The van der Waals surface area contributed by atoms with Gasteiger partial charge in [0.2, 0.25) is 4.90 Å². The Morgan fingerprint density at radius 2 is 1.71 bits per heavy atom. The third-order valence-electron chi connectivity index (χ3n) is 6.26. The number of hydrogen-bond donors (Lipinski definition) is 2. The van der Waals surface area contributed by atoms with E-state index in [0.29, 0.717) is 63.7 Å². The molecule has 0 radical (unpaired) electrons. The maximum atomic E-state index is 13.0. The van der Waals surface area contributed by atoms with Crippen LogP contribution in [0.4, 0.5) is 5.69 Å². The largest absolute Gasteiger partial charge is 0.588 e. The number of anilines is 1. The van der Waals surface area contributed by atoms with Gasteiger partial charge in [0, 0.05) is 41.6 Å². The number of rotatable bonds is 5. The summed E-state index contributed by atoms with van der Waals surface area (Å²) in [6, 6.07) is 19.5. The zero-order valence-corrected chi connectivity index (χ0v) is 20.3. The summed E-state index contributed by atoms with van der Waals surface area (Å²) in [6.07, 6.45) is 3.99. The molecule has 0 spiro atoms. The summed E-state index contributed by atoms with van der Waals surface area (Å²) in [4.78, 5) is 23.9. The topological polar surface area (TPSA) is 101 Å². The number of likely N-dealkylation sites (tertiary alicyclic amines) is 1. The number of benzene rings is 3. The minimum Gasteiger partial charge on any atom is -0.588 e. The van der Waals surface area contributed by atoms with Crippen molar-refractivity contribution in [2.75, 3.05) is 17.8 Å². The first kappa shape index (κ1) is 23.6. The molecule has 1 aliphatic heterocycles. The molecule has 0 saturated carbocycles. The van der Waals surface area contributed by atoms with Gasteiger partial charge in [-0.15, -0.1) is 0 Å². The first-order valence-corrected chi connectivity index (χ1v) is 12.7. The lowest BCUT2D eigenvalue weighted by Gasteiger charge is -2.39. The predicted octanol–water partition coefficient (Wildman–Crippen LogP) is 4.54. The molecule has 1 amide bonds. The second kappa shape index (κ2) is 9.83. The van der Waals surface area contributed by atoms with Crippen molar-refractivity contribution in [2.24, 2.45) is 0 Å². The Morgan fingerprint density at radius 3 is 2.46 bits per heavy atom. The van der Waals surface area contributed by atoms with Crippen molar-refractivity contribution in [3.05, 3.63) is 95.3 Å². The van der Waals surface area contributed by atoms with Gasteiger partial charge in [-0.1, -0.05) is 35.9 Å². The lowest BCUT2D eigenvalue weighted by atomic mass is 9.84. The number of para-hydroxylation sites is 1. The number of nitrogens with zero attached hydrogens (tertiary/aromatic N) is 3. The van der Waals surface area contributed by atoms with Crippen LogP contribution in [0.25, 0.3) is 11.0 Å². The van der Waals surface area contributed by atoms with Crippen molar-refractivity contribution in [1.29, 1.82) is 0 Å². The highest BCUT2D eigenvalue weighted by Gasteiger charge is 2.36. The standard InChI is InChI=1S/C26H23ClN4O3S/c27-21-5-2-1-4-20(21)26(33)12-16-31(17-13-26)25(32)18-8-10-19(11-9-18)30-35(34)23-7-3-6-22-24(23)29-15-14-28-22/h1-11,14-15,30,33H,12-13,16-17H2. The van der Waals surface area contributed by atoms with E-state index in [1.54, 1.807) is 59.8 Å². The van der Waals surface area contributed by atoms with E-state index in [1.165, 1.54) is 0 Å². The van der Waals surface area contributed by atoms with Crippen LogP contribution < -0.4 is 4.72 Å². The number of halogens is 1. The summed E-state index contributed by atoms with van der Waals surface area (Å²) in [7, 11) is 0. The second-order valence-electron chi connectivity index (χ2n) is 8.43. The number of hydrogen-bond acceptors (Lipinski definition) is 6. The van der Waals surface area contributed by atoms with E-state index in [-0.39, 0.29) is 5.91 Å². The molecule has 1 atom stereocenters. The summed E-state index contributed by atoms with van der Waals surface area (Å²) in [6.45, 7) is 0.847. The Morgan fingerprint density at radius 1 is 1.00 bits per heavy atom. The fraction of sp³-hybridized carbons (Fsp3) is 0.192. The first-order chi connectivity index (χ1) is 16.9. The fourth-order valence-corrected chi connectivity index (χ4v) is 5.64. The average Bonchev–Trinajstić information content (AvgIpc) is 2.89. The van der Waals surface area contributed by atoms with Gasteiger partial charge in [-0.2, -0.15) is 0 Å². The van der Waals surface area contributed by atoms with Crippen LogP contribution in [0.1, 0.15) is 28.8 Å². The lowest BCUT2D eigenvalue weighted by molar-refractivity contribution is -0.0210. The van der Waals surface area contributed by atoms with Crippen LogP contribution in [-0.4, -0.2) is 43.5 Å². The SMILES string of the molecule is O=C(c1ccc(N[S+]([O-])c2cccc3nccnc23)cc1)N1CCC(O)(c2ccccc2Cl)CC1. The van der Waals surface area contributed by atoms with Gasteiger partial charge in [0.25, 0.3) is 5.91 Å². The zero-order chi connectivity index (χ0) is 24.4. The number of piperidine rings is 1. The number of aliphatic hydroxyl groups is 1. The third kappa shape index (κ3) is 4.83. The van der Waals surface area contributed by atoms with E-state index >= 15 is 0 Å². The van der Waals surface area contributed by atoms with Crippen LogP contribution in [0.5, 0.6) is 0 Å². The molecule has 7 nitrogen and oxygen atoms in total. The molecular formula is C26H23ClN4O3S. The van der Waals surface area contributed by atoms with Crippen molar-refractivity contribution >= 4 is 45.6 Å². The maximum Gasteiger partial charge on any atom is 0.253 e. The Bertz CT molecular complexity index is 1360. The van der Waals surface area contributed by atoms with Gasteiger partial charge in [-0.25, -0.2) is 9.71 Å². The quantitative estimate of drug-likeness (QED) is 0.385. The number of fused-ring (bicyclic) bond motifs is 1. The summed E-state index contributed by atoms with van der Waals surface area (Å²) in [5, 5.41) is 11.6. The van der Waals surface area contributed by atoms with E-state index in [2.05, 4.69) is 14.7 Å². The van der Waals surface area contributed by atoms with Crippen LogP contribution in [0, 0.1) is 0 Å². The minimum atomic E-state index is -1.55. The summed E-state index contributed by atoms with van der Waals surface area (Å²) in [5.41, 5.74) is 2.06. The molecule has 5 rings (SSSR count). The summed E-state index contributed by atoms with van der Waals surface area (Å²) in [5.74, 6) is -0.108.